The van der Waals surface area contributed by atoms with Crippen molar-refractivity contribution in [2.75, 3.05) is 25.0 Å². The van der Waals surface area contributed by atoms with Gasteiger partial charge in [0, 0.05) is 25.8 Å². The fourth-order valence-electron chi connectivity index (χ4n) is 2.78. The van der Waals surface area contributed by atoms with E-state index in [9.17, 15) is 9.90 Å². The Morgan fingerprint density at radius 2 is 2.15 bits per heavy atom. The van der Waals surface area contributed by atoms with Gasteiger partial charge in [-0.05, 0) is 44.0 Å². The molecule has 0 saturated carbocycles. The zero-order valence-corrected chi connectivity index (χ0v) is 12.8. The molecule has 20 heavy (non-hydrogen) atoms. The number of carboxylic acid groups (broad SMARTS) is 1. The van der Waals surface area contributed by atoms with Gasteiger partial charge in [0.1, 0.15) is 5.54 Å². The first-order valence-electron chi connectivity index (χ1n) is 7.17. The second kappa shape index (κ2) is 5.44. The molecule has 0 aromatic heterocycles. The number of hydrogen-bond donors (Lipinski definition) is 1. The van der Waals surface area contributed by atoms with Crippen LogP contribution in [0.15, 0.2) is 18.2 Å². The van der Waals surface area contributed by atoms with Crippen LogP contribution >= 0.6 is 0 Å². The summed E-state index contributed by atoms with van der Waals surface area (Å²) in [6, 6.07) is 6.49. The largest absolute Gasteiger partial charge is 0.480 e. The molecule has 1 aliphatic heterocycles. The summed E-state index contributed by atoms with van der Waals surface area (Å²) in [5, 5.41) is 9.36. The average Bonchev–Trinajstić information content (AvgIpc) is 2.77. The zero-order chi connectivity index (χ0) is 14.9. The lowest BCUT2D eigenvalue weighted by Crippen LogP contribution is -2.49. The number of aliphatic carboxylic acids is 1. The molecule has 0 unspecified atom stereocenters. The normalized spacial score (nSPS) is 14.8. The summed E-state index contributed by atoms with van der Waals surface area (Å²) in [5.41, 5.74) is 3.02. The standard InChI is InChI=1S/C16H24N2O2/c1-5-18(16(2,3)15(19)20)11-12-6-7-14-13(10-12)8-9-17(14)4/h6-7,10H,5,8-9,11H2,1-4H3,(H,19,20). The van der Waals surface area contributed by atoms with Crippen molar-refractivity contribution in [3.8, 4) is 0 Å². The summed E-state index contributed by atoms with van der Waals surface area (Å²) >= 11 is 0. The van der Waals surface area contributed by atoms with Gasteiger partial charge in [-0.15, -0.1) is 0 Å². The van der Waals surface area contributed by atoms with Crippen molar-refractivity contribution >= 4 is 11.7 Å². The van der Waals surface area contributed by atoms with Crippen molar-refractivity contribution in [1.82, 2.24) is 4.90 Å². The van der Waals surface area contributed by atoms with Crippen molar-refractivity contribution in [2.24, 2.45) is 0 Å². The molecule has 2 rings (SSSR count). The molecule has 0 radical (unpaired) electrons. The van der Waals surface area contributed by atoms with Gasteiger partial charge in [0.15, 0.2) is 0 Å². The highest BCUT2D eigenvalue weighted by molar-refractivity contribution is 5.77. The topological polar surface area (TPSA) is 43.8 Å². The van der Waals surface area contributed by atoms with Gasteiger partial charge in [-0.25, -0.2) is 0 Å². The highest BCUT2D eigenvalue weighted by atomic mass is 16.4. The Labute approximate surface area is 121 Å². The zero-order valence-electron chi connectivity index (χ0n) is 12.8. The number of fused-ring (bicyclic) bond motifs is 1. The third kappa shape index (κ3) is 2.66. The number of carbonyl (C=O) groups is 1. The van der Waals surface area contributed by atoms with E-state index in [1.807, 2.05) is 11.8 Å². The first-order valence-corrected chi connectivity index (χ1v) is 7.17. The van der Waals surface area contributed by atoms with Gasteiger partial charge < -0.3 is 10.0 Å². The molecule has 0 fully saturated rings. The van der Waals surface area contributed by atoms with Crippen molar-refractivity contribution in [3.05, 3.63) is 29.3 Å². The predicted molar refractivity (Wildman–Crippen MR) is 81.2 cm³/mol. The molecule has 1 N–H and O–H groups in total. The van der Waals surface area contributed by atoms with Crippen LogP contribution in [0.3, 0.4) is 0 Å². The third-order valence-corrected chi connectivity index (χ3v) is 4.34. The van der Waals surface area contributed by atoms with E-state index in [1.54, 1.807) is 13.8 Å². The Balaban J connectivity index is 2.19. The Kier molecular flexibility index (Phi) is 4.04. The predicted octanol–water partition coefficient (Wildman–Crippen LogP) is 2.36. The highest BCUT2D eigenvalue weighted by Gasteiger charge is 2.33. The van der Waals surface area contributed by atoms with Crippen LogP contribution in [-0.2, 0) is 17.8 Å². The summed E-state index contributed by atoms with van der Waals surface area (Å²) in [6.45, 7) is 7.99. The summed E-state index contributed by atoms with van der Waals surface area (Å²) < 4.78 is 0. The second-order valence-corrected chi connectivity index (χ2v) is 6.01. The van der Waals surface area contributed by atoms with Crippen molar-refractivity contribution in [1.29, 1.82) is 0 Å². The summed E-state index contributed by atoms with van der Waals surface area (Å²) in [5.74, 6) is -0.778. The number of likely N-dealkylation sites (N-methyl/N-ethyl adjacent to an activating group) is 2. The maximum Gasteiger partial charge on any atom is 0.323 e. The van der Waals surface area contributed by atoms with E-state index >= 15 is 0 Å². The molecule has 0 amide bonds. The van der Waals surface area contributed by atoms with E-state index < -0.39 is 11.5 Å². The maximum atomic E-state index is 11.4. The SMILES string of the molecule is CCN(Cc1ccc2c(c1)CCN2C)C(C)(C)C(=O)O. The minimum absolute atomic E-state index is 0.673. The van der Waals surface area contributed by atoms with Gasteiger partial charge in [0.05, 0.1) is 0 Å². The van der Waals surface area contributed by atoms with E-state index in [4.69, 9.17) is 0 Å². The maximum absolute atomic E-state index is 11.4. The van der Waals surface area contributed by atoms with Gasteiger partial charge in [0.2, 0.25) is 0 Å². The Morgan fingerprint density at radius 3 is 2.75 bits per heavy atom. The number of carboxylic acids is 1. The van der Waals surface area contributed by atoms with E-state index in [2.05, 4.69) is 30.1 Å². The minimum atomic E-state index is -0.843. The van der Waals surface area contributed by atoms with Gasteiger partial charge >= 0.3 is 5.97 Å². The van der Waals surface area contributed by atoms with Crippen LogP contribution in [0.5, 0.6) is 0 Å². The van der Waals surface area contributed by atoms with Gasteiger partial charge in [-0.2, -0.15) is 0 Å². The molecule has 0 bridgehead atoms. The Hall–Kier alpha value is -1.55. The molecule has 1 aliphatic rings. The van der Waals surface area contributed by atoms with Crippen LogP contribution < -0.4 is 4.90 Å². The molecule has 1 heterocycles. The summed E-state index contributed by atoms with van der Waals surface area (Å²) in [7, 11) is 2.11. The molecule has 110 valence electrons. The fourth-order valence-corrected chi connectivity index (χ4v) is 2.78. The van der Waals surface area contributed by atoms with Gasteiger partial charge in [0.25, 0.3) is 0 Å². The molecule has 0 aliphatic carbocycles. The van der Waals surface area contributed by atoms with E-state index in [-0.39, 0.29) is 0 Å². The molecule has 1 aromatic rings. The molecular formula is C16H24N2O2. The number of anilines is 1. The van der Waals surface area contributed by atoms with Gasteiger partial charge in [-0.1, -0.05) is 19.1 Å². The van der Waals surface area contributed by atoms with Gasteiger partial charge in [-0.3, -0.25) is 9.69 Å². The Bertz CT molecular complexity index is 511. The van der Waals surface area contributed by atoms with Crippen LogP contribution in [0.25, 0.3) is 0 Å². The monoisotopic (exact) mass is 276 g/mol. The van der Waals surface area contributed by atoms with Crippen LogP contribution in [0.4, 0.5) is 5.69 Å². The fraction of sp³-hybridized carbons (Fsp3) is 0.562. The van der Waals surface area contributed by atoms with Crippen LogP contribution in [-0.4, -0.2) is 41.7 Å². The minimum Gasteiger partial charge on any atom is -0.480 e. The first-order chi connectivity index (χ1) is 9.36. The number of rotatable bonds is 5. The van der Waals surface area contributed by atoms with E-state index in [1.165, 1.54) is 16.8 Å². The highest BCUT2D eigenvalue weighted by Crippen LogP contribution is 2.28. The quantitative estimate of drug-likeness (QED) is 0.896. The summed E-state index contributed by atoms with van der Waals surface area (Å²) in [6.07, 6.45) is 1.08. The molecular weight excluding hydrogens is 252 g/mol. The average molecular weight is 276 g/mol. The number of nitrogens with zero attached hydrogens (tertiary/aromatic N) is 2. The Morgan fingerprint density at radius 1 is 1.45 bits per heavy atom. The molecule has 0 saturated heterocycles. The molecule has 4 heteroatoms. The lowest BCUT2D eigenvalue weighted by Gasteiger charge is -2.34. The van der Waals surface area contributed by atoms with E-state index in [0.29, 0.717) is 6.54 Å². The molecule has 0 atom stereocenters. The molecule has 0 spiro atoms. The first kappa shape index (κ1) is 14.9. The lowest BCUT2D eigenvalue weighted by molar-refractivity contribution is -0.149. The summed E-state index contributed by atoms with van der Waals surface area (Å²) in [4.78, 5) is 15.7. The van der Waals surface area contributed by atoms with Crippen molar-refractivity contribution in [3.63, 3.8) is 0 Å². The second-order valence-electron chi connectivity index (χ2n) is 6.01. The third-order valence-electron chi connectivity index (χ3n) is 4.34. The van der Waals surface area contributed by atoms with Crippen LogP contribution in [0.2, 0.25) is 0 Å². The van der Waals surface area contributed by atoms with Crippen molar-refractivity contribution < 1.29 is 9.90 Å². The smallest absolute Gasteiger partial charge is 0.323 e. The van der Waals surface area contributed by atoms with Crippen LogP contribution in [0, 0.1) is 0 Å². The molecule has 4 nitrogen and oxygen atoms in total. The number of benzene rings is 1. The van der Waals surface area contributed by atoms with E-state index in [0.717, 1.165) is 19.5 Å². The number of hydrogen-bond acceptors (Lipinski definition) is 3. The lowest BCUT2D eigenvalue weighted by atomic mass is 10.0. The molecule has 1 aromatic carbocycles. The van der Waals surface area contributed by atoms with Crippen LogP contribution in [0.1, 0.15) is 31.9 Å². The van der Waals surface area contributed by atoms with Crippen molar-refractivity contribution in [2.45, 2.75) is 39.3 Å².